The monoisotopic (exact) mass is 370 g/mol. The number of nitrogens with zero attached hydrogens (tertiary/aromatic N) is 6. The fraction of sp³-hybridized carbons (Fsp3) is 0.294. The first kappa shape index (κ1) is 15.5. The minimum absolute atomic E-state index is 0.381. The van der Waals surface area contributed by atoms with Crippen molar-refractivity contribution in [1.29, 1.82) is 0 Å². The second kappa shape index (κ2) is 5.93. The van der Waals surface area contributed by atoms with E-state index in [1.807, 2.05) is 27.4 Å². The summed E-state index contributed by atoms with van der Waals surface area (Å²) in [5.41, 5.74) is 5.23. The highest BCUT2D eigenvalue weighted by Gasteiger charge is 2.28. The first-order valence-electron chi connectivity index (χ1n) is 8.23. The molecule has 0 atom stereocenters. The molecule has 9 heteroatoms. The van der Waals surface area contributed by atoms with Gasteiger partial charge in [-0.1, -0.05) is 16.8 Å². The van der Waals surface area contributed by atoms with Gasteiger partial charge in [0.25, 0.3) is 0 Å². The number of hydrogen-bond donors (Lipinski definition) is 0. The van der Waals surface area contributed by atoms with E-state index in [0.29, 0.717) is 37.1 Å². The number of ether oxygens (including phenoxy) is 2. The van der Waals surface area contributed by atoms with Crippen molar-refractivity contribution in [3.63, 3.8) is 0 Å². The van der Waals surface area contributed by atoms with Gasteiger partial charge in [0.05, 0.1) is 35.9 Å². The van der Waals surface area contributed by atoms with E-state index >= 15 is 0 Å². The van der Waals surface area contributed by atoms with Crippen LogP contribution in [0.1, 0.15) is 22.8 Å². The van der Waals surface area contributed by atoms with Crippen LogP contribution < -0.4 is 0 Å². The number of benzene rings is 1. The Labute approximate surface area is 154 Å². The van der Waals surface area contributed by atoms with Gasteiger partial charge in [-0.3, -0.25) is 4.57 Å². The maximum absolute atomic E-state index is 6.25. The van der Waals surface area contributed by atoms with E-state index in [-0.39, 0.29) is 0 Å². The van der Waals surface area contributed by atoms with E-state index in [2.05, 4.69) is 20.3 Å². The van der Waals surface area contributed by atoms with E-state index in [0.717, 1.165) is 34.2 Å². The summed E-state index contributed by atoms with van der Waals surface area (Å²) in [6.07, 6.45) is 2.37. The molecular weight excluding hydrogens is 356 g/mol. The van der Waals surface area contributed by atoms with Crippen molar-refractivity contribution >= 4 is 17.5 Å². The van der Waals surface area contributed by atoms with Crippen molar-refractivity contribution in [3.8, 4) is 11.4 Å². The quantitative estimate of drug-likeness (QED) is 0.550. The van der Waals surface area contributed by atoms with E-state index in [9.17, 15) is 0 Å². The van der Waals surface area contributed by atoms with Gasteiger partial charge in [0, 0.05) is 18.6 Å². The normalized spacial score (nSPS) is 14.9. The summed E-state index contributed by atoms with van der Waals surface area (Å²) in [6, 6.07) is 5.69. The molecule has 2 aliphatic rings. The number of aliphatic imine (C=N–C) groups is 1. The lowest BCUT2D eigenvalue weighted by atomic mass is 10.1. The summed E-state index contributed by atoms with van der Waals surface area (Å²) in [5, 5.41) is 9.27. The van der Waals surface area contributed by atoms with Crippen LogP contribution >= 0.6 is 11.6 Å². The molecule has 0 fully saturated rings. The number of methoxy groups -OCH3 is 1. The summed E-state index contributed by atoms with van der Waals surface area (Å²) in [6.45, 7) is 1.62. The molecule has 132 valence electrons. The van der Waals surface area contributed by atoms with Crippen molar-refractivity contribution in [3.05, 3.63) is 52.3 Å². The van der Waals surface area contributed by atoms with Crippen LogP contribution in [-0.4, -0.2) is 50.7 Å². The Morgan fingerprint density at radius 3 is 3.00 bits per heavy atom. The third kappa shape index (κ3) is 2.26. The molecule has 0 bridgehead atoms. The lowest BCUT2D eigenvalue weighted by Gasteiger charge is -2.10. The topological polar surface area (TPSA) is 79.3 Å². The van der Waals surface area contributed by atoms with Crippen molar-refractivity contribution in [2.45, 2.75) is 13.0 Å². The van der Waals surface area contributed by atoms with Crippen molar-refractivity contribution < 1.29 is 9.47 Å². The molecule has 0 radical (unpaired) electrons. The van der Waals surface area contributed by atoms with Crippen LogP contribution in [-0.2, 0) is 22.5 Å². The van der Waals surface area contributed by atoms with Crippen molar-refractivity contribution in [2.75, 3.05) is 20.3 Å². The summed E-state index contributed by atoms with van der Waals surface area (Å²) in [5.74, 6) is 0.587. The SMILES string of the molecule is COCc1nnn2c1Cc1c(C3=NCCO3)ncn1-c1ccc(Cl)cc1-2. The molecule has 3 aromatic rings. The smallest absolute Gasteiger partial charge is 0.237 e. The second-order valence-corrected chi connectivity index (χ2v) is 6.52. The summed E-state index contributed by atoms with van der Waals surface area (Å²) in [4.78, 5) is 8.99. The molecule has 0 spiro atoms. The molecule has 0 aliphatic carbocycles. The molecule has 0 amide bonds. The maximum Gasteiger partial charge on any atom is 0.237 e. The molecule has 0 saturated heterocycles. The number of hydrogen-bond acceptors (Lipinski definition) is 6. The van der Waals surface area contributed by atoms with Gasteiger partial charge in [-0.2, -0.15) is 0 Å². The maximum atomic E-state index is 6.25. The molecule has 2 aromatic heterocycles. The number of imidazole rings is 1. The van der Waals surface area contributed by atoms with Gasteiger partial charge in [-0.15, -0.1) is 5.10 Å². The molecule has 2 aliphatic heterocycles. The molecule has 4 heterocycles. The standard InChI is InChI=1S/C17H15ClN6O2/c1-25-8-11-13-7-15-16(17-19-4-5-26-17)20-9-23(15)12-3-2-10(18)6-14(12)24(13)22-21-11/h2-3,6,9H,4-5,7-8H2,1H3. The van der Waals surface area contributed by atoms with E-state index in [4.69, 9.17) is 21.1 Å². The van der Waals surface area contributed by atoms with Crippen LogP contribution in [0.4, 0.5) is 0 Å². The Bertz CT molecular complexity index is 1040. The van der Waals surface area contributed by atoms with Gasteiger partial charge < -0.3 is 9.47 Å². The Morgan fingerprint density at radius 1 is 1.27 bits per heavy atom. The Hall–Kier alpha value is -2.71. The van der Waals surface area contributed by atoms with Gasteiger partial charge in [0.15, 0.2) is 0 Å². The third-order valence-electron chi connectivity index (χ3n) is 4.54. The molecular formula is C17H15ClN6O2. The first-order chi connectivity index (χ1) is 12.8. The van der Waals surface area contributed by atoms with Crippen LogP contribution in [0.25, 0.3) is 11.4 Å². The first-order valence-corrected chi connectivity index (χ1v) is 8.60. The highest BCUT2D eigenvalue weighted by Crippen LogP contribution is 2.32. The molecule has 0 N–H and O–H groups in total. The van der Waals surface area contributed by atoms with Gasteiger partial charge in [0.2, 0.25) is 5.90 Å². The van der Waals surface area contributed by atoms with Gasteiger partial charge >= 0.3 is 0 Å². The van der Waals surface area contributed by atoms with Crippen LogP contribution in [0.2, 0.25) is 5.02 Å². The molecule has 5 rings (SSSR count). The van der Waals surface area contributed by atoms with Crippen LogP contribution in [0.15, 0.2) is 29.5 Å². The lowest BCUT2D eigenvalue weighted by molar-refractivity contribution is 0.180. The Morgan fingerprint density at radius 2 is 2.19 bits per heavy atom. The molecule has 8 nitrogen and oxygen atoms in total. The predicted octanol–water partition coefficient (Wildman–Crippen LogP) is 1.93. The summed E-state index contributed by atoms with van der Waals surface area (Å²) < 4.78 is 14.8. The molecule has 26 heavy (non-hydrogen) atoms. The minimum atomic E-state index is 0.381. The second-order valence-electron chi connectivity index (χ2n) is 6.08. The summed E-state index contributed by atoms with van der Waals surface area (Å²) in [7, 11) is 1.64. The van der Waals surface area contributed by atoms with Gasteiger partial charge in [-0.25, -0.2) is 14.7 Å². The van der Waals surface area contributed by atoms with Crippen LogP contribution in [0.5, 0.6) is 0 Å². The predicted molar refractivity (Wildman–Crippen MR) is 94.4 cm³/mol. The Balaban J connectivity index is 1.78. The Kier molecular flexibility index (Phi) is 3.54. The molecule has 0 saturated carbocycles. The third-order valence-corrected chi connectivity index (χ3v) is 4.77. The largest absolute Gasteiger partial charge is 0.474 e. The van der Waals surface area contributed by atoms with Gasteiger partial charge in [0.1, 0.15) is 24.3 Å². The zero-order valence-corrected chi connectivity index (χ0v) is 14.8. The number of fused-ring (bicyclic) bond motifs is 5. The average Bonchev–Trinajstić information content (AvgIpc) is 3.35. The fourth-order valence-electron chi connectivity index (χ4n) is 3.39. The van der Waals surface area contributed by atoms with Crippen LogP contribution in [0, 0.1) is 0 Å². The molecule has 0 unspecified atom stereocenters. The molecule has 1 aromatic carbocycles. The average molecular weight is 371 g/mol. The highest BCUT2D eigenvalue weighted by molar-refractivity contribution is 6.30. The lowest BCUT2D eigenvalue weighted by Crippen LogP contribution is -2.09. The summed E-state index contributed by atoms with van der Waals surface area (Å²) >= 11 is 6.25. The fourth-order valence-corrected chi connectivity index (χ4v) is 3.55. The zero-order valence-electron chi connectivity index (χ0n) is 14.0. The number of halogens is 1. The minimum Gasteiger partial charge on any atom is -0.474 e. The van der Waals surface area contributed by atoms with Crippen molar-refractivity contribution in [2.24, 2.45) is 4.99 Å². The van der Waals surface area contributed by atoms with E-state index in [1.54, 1.807) is 13.4 Å². The van der Waals surface area contributed by atoms with E-state index in [1.165, 1.54) is 0 Å². The van der Waals surface area contributed by atoms with E-state index < -0.39 is 0 Å². The van der Waals surface area contributed by atoms with Crippen LogP contribution in [0.3, 0.4) is 0 Å². The number of aromatic nitrogens is 5. The zero-order chi connectivity index (χ0) is 17.7. The van der Waals surface area contributed by atoms with Crippen molar-refractivity contribution in [1.82, 2.24) is 24.5 Å². The highest BCUT2D eigenvalue weighted by atomic mass is 35.5. The van der Waals surface area contributed by atoms with Gasteiger partial charge in [-0.05, 0) is 18.2 Å². The number of rotatable bonds is 3.